The molecule has 0 aliphatic heterocycles. The number of nitrogens with one attached hydrogen (secondary N) is 1. The molecule has 1 aromatic heterocycles. The summed E-state index contributed by atoms with van der Waals surface area (Å²) in [6.45, 7) is 4.21. The Morgan fingerprint density at radius 2 is 2.19 bits per heavy atom. The van der Waals surface area contributed by atoms with E-state index in [0.717, 1.165) is 12.2 Å². The molecule has 0 radical (unpaired) electrons. The molecule has 0 aliphatic carbocycles. The molecule has 0 aliphatic rings. The Hall–Kier alpha value is -1.58. The summed E-state index contributed by atoms with van der Waals surface area (Å²) in [6.07, 6.45) is 2.65. The third-order valence-corrected chi connectivity index (χ3v) is 2.42. The maximum absolute atomic E-state index is 11.6. The number of nitrogens with zero attached hydrogens (tertiary/aromatic N) is 2. The molecule has 0 saturated carbocycles. The van der Waals surface area contributed by atoms with Gasteiger partial charge in [0.15, 0.2) is 0 Å². The number of anilines is 1. The average Bonchev–Trinajstić information content (AvgIpc) is 2.28. The van der Waals surface area contributed by atoms with E-state index in [-0.39, 0.29) is 5.91 Å². The van der Waals surface area contributed by atoms with E-state index in [1.165, 1.54) is 0 Å². The lowest BCUT2D eigenvalue weighted by Crippen LogP contribution is -2.22. The Balaban J connectivity index is 2.71. The van der Waals surface area contributed by atoms with E-state index >= 15 is 0 Å². The van der Waals surface area contributed by atoms with Crippen LogP contribution in [0.4, 0.5) is 5.82 Å². The number of hydrogen-bond donors (Lipinski definition) is 1. The van der Waals surface area contributed by atoms with Gasteiger partial charge in [-0.05, 0) is 25.5 Å². The molecule has 1 N–H and O–H groups in total. The van der Waals surface area contributed by atoms with Gasteiger partial charge in [0, 0.05) is 26.3 Å². The molecule has 1 unspecified atom stereocenters. The van der Waals surface area contributed by atoms with E-state index in [4.69, 9.17) is 0 Å². The highest BCUT2D eigenvalue weighted by atomic mass is 16.2. The van der Waals surface area contributed by atoms with Crippen molar-refractivity contribution in [2.45, 2.75) is 26.3 Å². The van der Waals surface area contributed by atoms with Crippen molar-refractivity contribution in [1.29, 1.82) is 0 Å². The number of carbonyl (C=O) groups excluding carboxylic acids is 1. The first-order chi connectivity index (χ1) is 7.54. The van der Waals surface area contributed by atoms with E-state index in [1.807, 2.05) is 6.07 Å². The summed E-state index contributed by atoms with van der Waals surface area (Å²) in [5.74, 6) is 0.784. The molecule has 16 heavy (non-hydrogen) atoms. The molecule has 1 heterocycles. The van der Waals surface area contributed by atoms with Gasteiger partial charge in [-0.25, -0.2) is 4.98 Å². The minimum atomic E-state index is -0.0254. The van der Waals surface area contributed by atoms with Crippen molar-refractivity contribution < 1.29 is 4.79 Å². The van der Waals surface area contributed by atoms with E-state index in [9.17, 15) is 4.79 Å². The third kappa shape index (κ3) is 3.22. The molecule has 0 spiro atoms. The van der Waals surface area contributed by atoms with Crippen LogP contribution in [0.25, 0.3) is 0 Å². The van der Waals surface area contributed by atoms with Gasteiger partial charge in [-0.3, -0.25) is 4.79 Å². The van der Waals surface area contributed by atoms with Gasteiger partial charge >= 0.3 is 0 Å². The summed E-state index contributed by atoms with van der Waals surface area (Å²) in [5, 5.41) is 3.25. The lowest BCUT2D eigenvalue weighted by Gasteiger charge is -2.13. The van der Waals surface area contributed by atoms with Gasteiger partial charge in [-0.1, -0.05) is 6.92 Å². The van der Waals surface area contributed by atoms with E-state index in [0.29, 0.717) is 11.6 Å². The fraction of sp³-hybridized carbons (Fsp3) is 0.500. The van der Waals surface area contributed by atoms with Crippen molar-refractivity contribution in [2.75, 3.05) is 19.4 Å². The highest BCUT2D eigenvalue weighted by molar-refractivity contribution is 5.93. The number of pyridine rings is 1. The van der Waals surface area contributed by atoms with Crippen molar-refractivity contribution in [2.24, 2.45) is 0 Å². The summed E-state index contributed by atoms with van der Waals surface area (Å²) in [7, 11) is 3.46. The number of amides is 1. The third-order valence-electron chi connectivity index (χ3n) is 2.42. The Bertz CT molecular complexity index is 346. The standard InChI is InChI=1S/C12H19N3O/c1-5-9(2)14-11-7-6-10(8-13-11)12(16)15(3)4/h6-9H,5H2,1-4H3,(H,13,14). The molecular formula is C12H19N3O. The Labute approximate surface area is 96.7 Å². The normalized spacial score (nSPS) is 12.0. The van der Waals surface area contributed by atoms with Crippen LogP contribution >= 0.6 is 0 Å². The number of aromatic nitrogens is 1. The summed E-state index contributed by atoms with van der Waals surface area (Å²) in [4.78, 5) is 17.4. The quantitative estimate of drug-likeness (QED) is 0.845. The monoisotopic (exact) mass is 221 g/mol. The first kappa shape index (κ1) is 12.5. The van der Waals surface area contributed by atoms with Crippen LogP contribution in [0.2, 0.25) is 0 Å². The summed E-state index contributed by atoms with van der Waals surface area (Å²) >= 11 is 0. The molecular weight excluding hydrogens is 202 g/mol. The average molecular weight is 221 g/mol. The summed E-state index contributed by atoms with van der Waals surface area (Å²) < 4.78 is 0. The fourth-order valence-corrected chi connectivity index (χ4v) is 1.22. The molecule has 4 nitrogen and oxygen atoms in total. The maximum Gasteiger partial charge on any atom is 0.254 e. The Kier molecular flexibility index (Phi) is 4.28. The van der Waals surface area contributed by atoms with Gasteiger partial charge in [-0.15, -0.1) is 0 Å². The Morgan fingerprint density at radius 3 is 2.62 bits per heavy atom. The second-order valence-electron chi connectivity index (χ2n) is 4.09. The SMILES string of the molecule is CCC(C)Nc1ccc(C(=O)N(C)C)cn1. The van der Waals surface area contributed by atoms with E-state index < -0.39 is 0 Å². The first-order valence-electron chi connectivity index (χ1n) is 5.48. The van der Waals surface area contributed by atoms with Crippen LogP contribution in [-0.4, -0.2) is 35.9 Å². The predicted molar refractivity (Wildman–Crippen MR) is 65.6 cm³/mol. The summed E-state index contributed by atoms with van der Waals surface area (Å²) in [6, 6.07) is 4.02. The van der Waals surface area contributed by atoms with Crippen molar-refractivity contribution in [3.8, 4) is 0 Å². The first-order valence-corrected chi connectivity index (χ1v) is 5.48. The van der Waals surface area contributed by atoms with Gasteiger partial charge in [0.1, 0.15) is 5.82 Å². The van der Waals surface area contributed by atoms with Gasteiger partial charge < -0.3 is 10.2 Å². The lowest BCUT2D eigenvalue weighted by molar-refractivity contribution is 0.0827. The van der Waals surface area contributed by atoms with Gasteiger partial charge in [0.25, 0.3) is 5.91 Å². The molecule has 1 rings (SSSR count). The maximum atomic E-state index is 11.6. The molecule has 0 bridgehead atoms. The smallest absolute Gasteiger partial charge is 0.254 e. The van der Waals surface area contributed by atoms with Gasteiger partial charge in [0.2, 0.25) is 0 Å². The fourth-order valence-electron chi connectivity index (χ4n) is 1.22. The topological polar surface area (TPSA) is 45.2 Å². The number of rotatable bonds is 4. The molecule has 1 amide bonds. The Morgan fingerprint density at radius 1 is 1.50 bits per heavy atom. The van der Waals surface area contributed by atoms with E-state index in [1.54, 1.807) is 31.3 Å². The molecule has 88 valence electrons. The zero-order valence-corrected chi connectivity index (χ0v) is 10.3. The highest BCUT2D eigenvalue weighted by Crippen LogP contribution is 2.08. The second kappa shape index (κ2) is 5.49. The lowest BCUT2D eigenvalue weighted by atomic mass is 10.2. The van der Waals surface area contributed by atoms with Crippen LogP contribution in [0.15, 0.2) is 18.3 Å². The zero-order valence-electron chi connectivity index (χ0n) is 10.3. The molecule has 1 atom stereocenters. The zero-order chi connectivity index (χ0) is 12.1. The van der Waals surface area contributed by atoms with Crippen LogP contribution in [0.3, 0.4) is 0 Å². The van der Waals surface area contributed by atoms with Crippen LogP contribution in [0.5, 0.6) is 0 Å². The number of carbonyl (C=O) groups is 1. The van der Waals surface area contributed by atoms with Crippen molar-refractivity contribution in [1.82, 2.24) is 9.88 Å². The minimum absolute atomic E-state index is 0.0254. The van der Waals surface area contributed by atoms with Gasteiger partial charge in [0.05, 0.1) is 5.56 Å². The van der Waals surface area contributed by atoms with Crippen LogP contribution in [-0.2, 0) is 0 Å². The number of hydrogen-bond acceptors (Lipinski definition) is 3. The van der Waals surface area contributed by atoms with Gasteiger partial charge in [-0.2, -0.15) is 0 Å². The predicted octanol–water partition coefficient (Wildman–Crippen LogP) is 1.99. The molecule has 0 saturated heterocycles. The van der Waals surface area contributed by atoms with Crippen LogP contribution in [0.1, 0.15) is 30.6 Å². The minimum Gasteiger partial charge on any atom is -0.368 e. The van der Waals surface area contributed by atoms with Crippen molar-refractivity contribution >= 4 is 11.7 Å². The summed E-state index contributed by atoms with van der Waals surface area (Å²) in [5.41, 5.74) is 0.611. The molecule has 4 heteroatoms. The van der Waals surface area contributed by atoms with Crippen LogP contribution < -0.4 is 5.32 Å². The second-order valence-corrected chi connectivity index (χ2v) is 4.09. The molecule has 1 aromatic rings. The largest absolute Gasteiger partial charge is 0.368 e. The van der Waals surface area contributed by atoms with Crippen molar-refractivity contribution in [3.05, 3.63) is 23.9 Å². The van der Waals surface area contributed by atoms with Crippen LogP contribution in [0, 0.1) is 0 Å². The molecule has 0 fully saturated rings. The van der Waals surface area contributed by atoms with E-state index in [2.05, 4.69) is 24.1 Å². The van der Waals surface area contributed by atoms with Crippen molar-refractivity contribution in [3.63, 3.8) is 0 Å². The highest BCUT2D eigenvalue weighted by Gasteiger charge is 2.08. The molecule has 0 aromatic carbocycles.